The molecule has 2 saturated carbocycles. The molecule has 3 fully saturated rings. The molecular weight excluding hydrogens is 428 g/mol. The number of piperazine rings is 1. The van der Waals surface area contributed by atoms with Crippen LogP contribution in [0.25, 0.3) is 0 Å². The van der Waals surface area contributed by atoms with Gasteiger partial charge in [-0.25, -0.2) is 0 Å². The fraction of sp³-hybridized carbons (Fsp3) is 0.714. The molecule has 3 aliphatic rings. The molecule has 1 aliphatic heterocycles. The summed E-state index contributed by atoms with van der Waals surface area (Å²) in [4.78, 5) is 31.7. The summed E-state index contributed by atoms with van der Waals surface area (Å²) in [6.45, 7) is 2.91. The molecule has 0 spiro atoms. The van der Waals surface area contributed by atoms with E-state index >= 15 is 0 Å². The van der Waals surface area contributed by atoms with Gasteiger partial charge in [0.05, 0.1) is 13.7 Å². The van der Waals surface area contributed by atoms with E-state index in [1.54, 1.807) is 7.11 Å². The van der Waals surface area contributed by atoms with E-state index in [1.807, 2.05) is 28.0 Å². The highest BCUT2D eigenvalue weighted by atomic mass is 16.5. The minimum absolute atomic E-state index is 0.0813. The van der Waals surface area contributed by atoms with Crippen molar-refractivity contribution in [2.24, 2.45) is 0 Å². The molecule has 1 aromatic rings. The van der Waals surface area contributed by atoms with Crippen LogP contribution in [0.4, 0.5) is 0 Å². The van der Waals surface area contributed by atoms with Gasteiger partial charge in [-0.1, -0.05) is 64.4 Å². The first-order chi connectivity index (χ1) is 16.6. The highest BCUT2D eigenvalue weighted by Crippen LogP contribution is 2.39. The van der Waals surface area contributed by atoms with E-state index < -0.39 is 6.04 Å². The normalized spacial score (nSPS) is 23.5. The molecule has 0 unspecified atom stereocenters. The van der Waals surface area contributed by atoms with E-state index in [0.717, 1.165) is 63.4 Å². The van der Waals surface area contributed by atoms with Gasteiger partial charge in [0.1, 0.15) is 12.6 Å². The van der Waals surface area contributed by atoms with Crippen LogP contribution in [0.2, 0.25) is 0 Å². The van der Waals surface area contributed by atoms with Crippen LogP contribution < -0.4 is 9.47 Å². The number of carbonyl (C=O) groups is 2. The van der Waals surface area contributed by atoms with Gasteiger partial charge >= 0.3 is 0 Å². The quantitative estimate of drug-likeness (QED) is 0.517. The fourth-order valence-electron chi connectivity index (χ4n) is 6.04. The molecule has 34 heavy (non-hydrogen) atoms. The van der Waals surface area contributed by atoms with Crippen molar-refractivity contribution >= 4 is 11.8 Å². The lowest BCUT2D eigenvalue weighted by atomic mass is 9.89. The van der Waals surface area contributed by atoms with Crippen molar-refractivity contribution in [1.29, 1.82) is 0 Å². The summed E-state index contributed by atoms with van der Waals surface area (Å²) < 4.78 is 11.5. The largest absolute Gasteiger partial charge is 0.493 e. The van der Waals surface area contributed by atoms with E-state index in [4.69, 9.17) is 9.47 Å². The summed E-state index contributed by atoms with van der Waals surface area (Å²) in [5, 5.41) is 0. The van der Waals surface area contributed by atoms with Crippen molar-refractivity contribution in [3.63, 3.8) is 0 Å². The molecule has 4 rings (SSSR count). The number of hydrogen-bond acceptors (Lipinski definition) is 4. The average Bonchev–Trinajstić information content (AvgIpc) is 2.84. The number of ether oxygens (including phenoxy) is 2. The summed E-state index contributed by atoms with van der Waals surface area (Å²) in [7, 11) is 1.63. The summed E-state index contributed by atoms with van der Waals surface area (Å²) in [6.07, 6.45) is 14.3. The minimum Gasteiger partial charge on any atom is -0.493 e. The zero-order valence-corrected chi connectivity index (χ0v) is 21.1. The number of benzene rings is 1. The summed E-state index contributed by atoms with van der Waals surface area (Å²) >= 11 is 0. The Morgan fingerprint density at radius 3 is 2.12 bits per heavy atom. The van der Waals surface area contributed by atoms with Crippen molar-refractivity contribution in [3.05, 3.63) is 23.8 Å². The van der Waals surface area contributed by atoms with Crippen LogP contribution in [0.15, 0.2) is 18.2 Å². The van der Waals surface area contributed by atoms with Crippen molar-refractivity contribution in [2.45, 2.75) is 109 Å². The van der Waals surface area contributed by atoms with Gasteiger partial charge in [0.2, 0.25) is 5.91 Å². The second-order valence-corrected chi connectivity index (χ2v) is 10.2. The lowest BCUT2D eigenvalue weighted by molar-refractivity contribution is -0.162. The Morgan fingerprint density at radius 2 is 1.47 bits per heavy atom. The molecule has 1 heterocycles. The zero-order valence-electron chi connectivity index (χ0n) is 21.1. The topological polar surface area (TPSA) is 59.1 Å². The highest BCUT2D eigenvalue weighted by molar-refractivity contribution is 5.96. The first-order valence-electron chi connectivity index (χ1n) is 13.6. The van der Waals surface area contributed by atoms with E-state index in [1.165, 1.54) is 25.7 Å². The Balaban J connectivity index is 1.69. The first kappa shape index (κ1) is 24.9. The molecule has 0 bridgehead atoms. The lowest BCUT2D eigenvalue weighted by Gasteiger charge is -2.47. The maximum atomic E-state index is 14.1. The smallest absolute Gasteiger partial charge is 0.250 e. The molecule has 0 radical (unpaired) electrons. The Kier molecular flexibility index (Phi) is 8.74. The van der Waals surface area contributed by atoms with Gasteiger partial charge < -0.3 is 19.3 Å². The fourth-order valence-corrected chi connectivity index (χ4v) is 6.04. The third-order valence-corrected chi connectivity index (χ3v) is 7.84. The molecular formula is C28H42N2O4. The van der Waals surface area contributed by atoms with Crippen molar-refractivity contribution in [2.75, 3.05) is 20.3 Å². The first-order valence-corrected chi connectivity index (χ1v) is 13.6. The van der Waals surface area contributed by atoms with Gasteiger partial charge in [-0.05, 0) is 49.8 Å². The number of rotatable bonds is 7. The van der Waals surface area contributed by atoms with Crippen LogP contribution >= 0.6 is 0 Å². The van der Waals surface area contributed by atoms with Gasteiger partial charge in [0, 0.05) is 12.1 Å². The third-order valence-electron chi connectivity index (χ3n) is 7.84. The number of hydrogen-bond donors (Lipinski definition) is 0. The van der Waals surface area contributed by atoms with Crippen LogP contribution in [0.3, 0.4) is 0 Å². The predicted molar refractivity (Wildman–Crippen MR) is 133 cm³/mol. The minimum atomic E-state index is -0.582. The Bertz CT molecular complexity index is 828. The summed E-state index contributed by atoms with van der Waals surface area (Å²) in [5.41, 5.74) is 0.835. The van der Waals surface area contributed by atoms with Crippen molar-refractivity contribution in [1.82, 2.24) is 9.80 Å². The lowest BCUT2D eigenvalue weighted by Crippen LogP contribution is -2.60. The third kappa shape index (κ3) is 5.52. The average molecular weight is 471 g/mol. The summed E-state index contributed by atoms with van der Waals surface area (Å²) in [5.74, 6) is 1.49. The van der Waals surface area contributed by atoms with Gasteiger partial charge in [-0.3, -0.25) is 9.59 Å². The van der Waals surface area contributed by atoms with Gasteiger partial charge in [0.25, 0.3) is 5.91 Å². The van der Waals surface area contributed by atoms with Crippen LogP contribution in [0.1, 0.15) is 102 Å². The van der Waals surface area contributed by atoms with Crippen LogP contribution in [-0.2, 0) is 9.59 Å². The van der Waals surface area contributed by atoms with Crippen molar-refractivity contribution < 1.29 is 19.1 Å². The van der Waals surface area contributed by atoms with Crippen LogP contribution in [-0.4, -0.2) is 54.0 Å². The standard InChI is InChI=1S/C28H42N2O4/c1-3-18-34-24-17-16-21(19-25(24)33-2)27-28(32)29(22-12-10-7-11-13-22)20-26(31)30(27)23-14-8-5-4-6-9-15-23/h16-17,19,22-23,27H,3-15,18,20H2,1-2H3/t27-/m0/s1. The molecule has 1 saturated heterocycles. The molecule has 188 valence electrons. The van der Waals surface area contributed by atoms with E-state index in [2.05, 4.69) is 6.92 Å². The molecule has 2 amide bonds. The molecule has 1 atom stereocenters. The number of carbonyl (C=O) groups excluding carboxylic acids is 2. The Hall–Kier alpha value is -2.24. The van der Waals surface area contributed by atoms with Gasteiger partial charge in [0.15, 0.2) is 11.5 Å². The molecule has 1 aromatic carbocycles. The van der Waals surface area contributed by atoms with E-state index in [-0.39, 0.29) is 30.4 Å². The van der Waals surface area contributed by atoms with E-state index in [9.17, 15) is 9.59 Å². The van der Waals surface area contributed by atoms with Gasteiger partial charge in [-0.15, -0.1) is 0 Å². The van der Waals surface area contributed by atoms with Crippen LogP contribution in [0, 0.1) is 0 Å². The van der Waals surface area contributed by atoms with Gasteiger partial charge in [-0.2, -0.15) is 0 Å². The molecule has 6 nitrogen and oxygen atoms in total. The Labute approximate surface area is 205 Å². The molecule has 2 aliphatic carbocycles. The summed E-state index contributed by atoms with van der Waals surface area (Å²) in [6, 6.07) is 5.50. The number of nitrogens with zero attached hydrogens (tertiary/aromatic N) is 2. The second-order valence-electron chi connectivity index (χ2n) is 10.2. The number of methoxy groups -OCH3 is 1. The maximum Gasteiger partial charge on any atom is 0.250 e. The molecule has 0 N–H and O–H groups in total. The monoisotopic (exact) mass is 470 g/mol. The highest BCUT2D eigenvalue weighted by Gasteiger charge is 2.45. The number of amides is 2. The Morgan fingerprint density at radius 1 is 0.853 bits per heavy atom. The zero-order chi connectivity index (χ0) is 23.9. The van der Waals surface area contributed by atoms with Crippen molar-refractivity contribution in [3.8, 4) is 11.5 Å². The molecule has 0 aromatic heterocycles. The maximum absolute atomic E-state index is 14.1. The van der Waals surface area contributed by atoms with Crippen LogP contribution in [0.5, 0.6) is 11.5 Å². The second kappa shape index (κ2) is 11.9. The SMILES string of the molecule is CCCOc1ccc([C@H]2C(=O)N(C3CCCCC3)CC(=O)N2C2CCCCCCC2)cc1OC. The van der Waals surface area contributed by atoms with E-state index in [0.29, 0.717) is 18.1 Å². The predicted octanol–water partition coefficient (Wildman–Crippen LogP) is 5.64. The molecule has 6 heteroatoms.